The number of benzene rings is 1. The molecule has 0 saturated carbocycles. The summed E-state index contributed by atoms with van der Waals surface area (Å²) < 4.78 is 20.0. The first-order valence-corrected chi connectivity index (χ1v) is 6.69. The summed E-state index contributed by atoms with van der Waals surface area (Å²) in [5, 5.41) is 7.61. The molecule has 2 heterocycles. The molecule has 3 rings (SSSR count). The van der Waals surface area contributed by atoms with Gasteiger partial charge in [-0.15, -0.1) is 4.52 Å². The fourth-order valence-corrected chi connectivity index (χ4v) is 2.59. The molecule has 0 amide bonds. The maximum Gasteiger partial charge on any atom is 0.307 e. The number of imidazole rings is 1. The van der Waals surface area contributed by atoms with Crippen molar-refractivity contribution in [2.45, 2.75) is 6.54 Å². The number of hydrogen-bond donors (Lipinski definition) is 2. The molecule has 7 heteroatoms. The second kappa shape index (κ2) is 4.89. The second-order valence-corrected chi connectivity index (χ2v) is 5.26. The lowest BCUT2D eigenvalue weighted by Gasteiger charge is -2.07. The highest BCUT2D eigenvalue weighted by Crippen LogP contribution is 2.21. The number of amidine groups is 1. The normalized spacial score (nSPS) is 11.2. The molecule has 2 aromatic heterocycles. The van der Waals surface area contributed by atoms with Crippen molar-refractivity contribution in [2.75, 3.05) is 0 Å². The zero-order valence-corrected chi connectivity index (χ0v) is 12.1. The Morgan fingerprint density at radius 2 is 2.19 bits per heavy atom. The van der Waals surface area contributed by atoms with E-state index in [1.807, 2.05) is 45.5 Å². The Hall–Kier alpha value is -2.34. The molecular formula is C14H14ClFN5+. The van der Waals surface area contributed by atoms with Crippen LogP contribution in [0.2, 0.25) is 5.02 Å². The molecule has 0 radical (unpaired) electrons. The Kier molecular flexibility index (Phi) is 3.17. The fraction of sp³-hybridized carbons (Fsp3) is 0.143. The van der Waals surface area contributed by atoms with Gasteiger partial charge in [0.1, 0.15) is 24.4 Å². The lowest BCUT2D eigenvalue weighted by atomic mass is 10.1. The van der Waals surface area contributed by atoms with Gasteiger partial charge in [0.05, 0.1) is 5.02 Å². The molecule has 0 unspecified atom stereocenters. The van der Waals surface area contributed by atoms with E-state index < -0.39 is 5.82 Å². The van der Waals surface area contributed by atoms with E-state index in [-0.39, 0.29) is 16.4 Å². The number of halogens is 2. The third-order valence-electron chi connectivity index (χ3n) is 3.48. The number of nitrogen functional groups attached to an aromatic ring is 1. The molecule has 0 aliphatic heterocycles. The van der Waals surface area contributed by atoms with E-state index in [0.717, 1.165) is 5.65 Å². The number of nitrogens with two attached hydrogens (primary N) is 1. The first-order chi connectivity index (χ1) is 9.97. The van der Waals surface area contributed by atoms with Crippen molar-refractivity contribution in [3.8, 4) is 0 Å². The first-order valence-electron chi connectivity index (χ1n) is 6.32. The van der Waals surface area contributed by atoms with Crippen LogP contribution in [0, 0.1) is 11.2 Å². The van der Waals surface area contributed by atoms with Gasteiger partial charge in [-0.05, 0) is 12.1 Å². The number of aromatic nitrogens is 3. The lowest BCUT2D eigenvalue weighted by Crippen LogP contribution is -2.33. The van der Waals surface area contributed by atoms with E-state index in [1.54, 1.807) is 0 Å². The summed E-state index contributed by atoms with van der Waals surface area (Å²) in [7, 11) is 1.92. The minimum Gasteiger partial charge on any atom is -0.384 e. The van der Waals surface area contributed by atoms with Crippen molar-refractivity contribution in [1.82, 2.24) is 9.20 Å². The van der Waals surface area contributed by atoms with Crippen molar-refractivity contribution in [2.24, 2.45) is 12.8 Å². The van der Waals surface area contributed by atoms with Crippen LogP contribution in [0.25, 0.3) is 5.65 Å². The smallest absolute Gasteiger partial charge is 0.307 e. The second-order valence-electron chi connectivity index (χ2n) is 4.85. The molecule has 1 aromatic carbocycles. The quantitative estimate of drug-likeness (QED) is 0.432. The van der Waals surface area contributed by atoms with Gasteiger partial charge in [-0.3, -0.25) is 5.41 Å². The van der Waals surface area contributed by atoms with E-state index in [2.05, 4.69) is 0 Å². The van der Waals surface area contributed by atoms with E-state index in [9.17, 15) is 4.39 Å². The molecule has 0 spiro atoms. The highest BCUT2D eigenvalue weighted by Gasteiger charge is 2.17. The Morgan fingerprint density at radius 3 is 2.86 bits per heavy atom. The molecule has 3 aromatic rings. The maximum absolute atomic E-state index is 14.2. The average molecular weight is 307 g/mol. The van der Waals surface area contributed by atoms with Gasteiger partial charge in [-0.2, -0.15) is 0 Å². The van der Waals surface area contributed by atoms with Gasteiger partial charge in [0, 0.05) is 30.4 Å². The molecule has 108 valence electrons. The Balaban J connectivity index is 2.03. The molecule has 0 fully saturated rings. The summed E-state index contributed by atoms with van der Waals surface area (Å²) in [6.07, 6.45) is 5.68. The summed E-state index contributed by atoms with van der Waals surface area (Å²) in [6, 6.07) is 4.69. The van der Waals surface area contributed by atoms with Crippen LogP contribution in [-0.4, -0.2) is 15.0 Å². The minimum absolute atomic E-state index is 0.204. The molecule has 0 bridgehead atoms. The Bertz CT molecular complexity index is 825. The Morgan fingerprint density at radius 1 is 1.43 bits per heavy atom. The van der Waals surface area contributed by atoms with Crippen molar-refractivity contribution in [3.05, 3.63) is 58.8 Å². The molecule has 0 atom stereocenters. The number of nitrogens with zero attached hydrogens (tertiary/aromatic N) is 3. The van der Waals surface area contributed by atoms with Crippen LogP contribution in [0.15, 0.2) is 36.8 Å². The minimum atomic E-state index is -0.463. The van der Waals surface area contributed by atoms with E-state index in [1.165, 1.54) is 12.1 Å². The topological polar surface area (TPSA) is 63.1 Å². The third-order valence-corrected chi connectivity index (χ3v) is 3.81. The summed E-state index contributed by atoms with van der Waals surface area (Å²) in [5.74, 6) is -0.667. The summed E-state index contributed by atoms with van der Waals surface area (Å²) in [6.45, 7) is 0.309. The molecule has 3 N–H and O–H groups in total. The van der Waals surface area contributed by atoms with E-state index >= 15 is 0 Å². The van der Waals surface area contributed by atoms with Crippen molar-refractivity contribution in [1.29, 1.82) is 5.41 Å². The predicted molar refractivity (Wildman–Crippen MR) is 78.1 cm³/mol. The Labute approximate surface area is 125 Å². The zero-order chi connectivity index (χ0) is 15.1. The summed E-state index contributed by atoms with van der Waals surface area (Å²) >= 11 is 6.13. The monoisotopic (exact) mass is 306 g/mol. The average Bonchev–Trinajstić information content (AvgIpc) is 2.98. The van der Waals surface area contributed by atoms with Crippen LogP contribution in [0.1, 0.15) is 11.1 Å². The SMILES string of the molecule is Cn1ccc2n1cc[n+]2Cc1c(F)cc(C(=N)N)cc1Cl. The summed E-state index contributed by atoms with van der Waals surface area (Å²) in [5.41, 5.74) is 6.96. The first kappa shape index (κ1) is 13.6. The van der Waals surface area contributed by atoms with Crippen molar-refractivity contribution in [3.63, 3.8) is 0 Å². The van der Waals surface area contributed by atoms with Gasteiger partial charge in [0.2, 0.25) is 0 Å². The highest BCUT2D eigenvalue weighted by molar-refractivity contribution is 6.31. The van der Waals surface area contributed by atoms with Crippen LogP contribution < -0.4 is 10.3 Å². The standard InChI is InChI=1S/C14H14ClFN5/c1-19-3-2-13-20(4-5-21(13)19)8-10-11(15)6-9(14(17)18)7-12(10)16/h2-7H,8H2,1H3,(H3,17,18)/q+1. The van der Waals surface area contributed by atoms with Crippen molar-refractivity contribution < 1.29 is 8.96 Å². The molecule has 0 saturated heterocycles. The van der Waals surface area contributed by atoms with Crippen LogP contribution >= 0.6 is 11.6 Å². The number of nitrogens with one attached hydrogen (secondary N) is 1. The predicted octanol–water partition coefficient (Wildman–Crippen LogP) is 1.69. The van der Waals surface area contributed by atoms with E-state index in [4.69, 9.17) is 22.7 Å². The number of hydrogen-bond acceptors (Lipinski definition) is 1. The van der Waals surface area contributed by atoms with Gasteiger partial charge in [-0.25, -0.2) is 13.6 Å². The van der Waals surface area contributed by atoms with E-state index in [0.29, 0.717) is 12.1 Å². The number of rotatable bonds is 3. The van der Waals surface area contributed by atoms with Gasteiger partial charge in [-0.1, -0.05) is 11.6 Å². The van der Waals surface area contributed by atoms with Crippen LogP contribution in [0.4, 0.5) is 4.39 Å². The van der Waals surface area contributed by atoms with Gasteiger partial charge < -0.3 is 5.73 Å². The molecule has 0 aliphatic carbocycles. The van der Waals surface area contributed by atoms with Crippen LogP contribution in [0.3, 0.4) is 0 Å². The number of aryl methyl sites for hydroxylation is 1. The highest BCUT2D eigenvalue weighted by atomic mass is 35.5. The zero-order valence-electron chi connectivity index (χ0n) is 11.3. The fourth-order valence-electron chi connectivity index (χ4n) is 2.33. The maximum atomic E-state index is 14.2. The largest absolute Gasteiger partial charge is 0.384 e. The van der Waals surface area contributed by atoms with Gasteiger partial charge in [0.15, 0.2) is 6.20 Å². The van der Waals surface area contributed by atoms with Crippen LogP contribution in [0.5, 0.6) is 0 Å². The molecule has 0 aliphatic rings. The van der Waals surface area contributed by atoms with Crippen LogP contribution in [-0.2, 0) is 13.6 Å². The molecule has 21 heavy (non-hydrogen) atoms. The summed E-state index contributed by atoms with van der Waals surface area (Å²) in [4.78, 5) is 0. The van der Waals surface area contributed by atoms with Crippen molar-refractivity contribution >= 4 is 23.1 Å². The molecular weight excluding hydrogens is 293 g/mol. The van der Waals surface area contributed by atoms with Gasteiger partial charge in [0.25, 0.3) is 0 Å². The van der Waals surface area contributed by atoms with Gasteiger partial charge >= 0.3 is 5.65 Å². The third kappa shape index (κ3) is 2.27. The lowest BCUT2D eigenvalue weighted by molar-refractivity contribution is -0.662. The molecule has 5 nitrogen and oxygen atoms in total. The number of fused-ring (bicyclic) bond motifs is 1.